The van der Waals surface area contributed by atoms with Gasteiger partial charge >= 0.3 is 12.0 Å². The zero-order chi connectivity index (χ0) is 16.4. The van der Waals surface area contributed by atoms with Crippen LogP contribution >= 0.6 is 0 Å². The number of hydrogen-bond donors (Lipinski definition) is 4. The Kier molecular flexibility index (Phi) is 7.63. The number of anilines is 1. The number of carboxylic acids is 1. The van der Waals surface area contributed by atoms with E-state index in [1.54, 1.807) is 24.3 Å². The number of aliphatic carboxylic acids is 1. The van der Waals surface area contributed by atoms with Crippen molar-refractivity contribution in [3.63, 3.8) is 0 Å². The van der Waals surface area contributed by atoms with Gasteiger partial charge in [0, 0.05) is 18.7 Å². The van der Waals surface area contributed by atoms with E-state index in [2.05, 4.69) is 16.0 Å². The van der Waals surface area contributed by atoms with E-state index in [-0.39, 0.29) is 13.0 Å². The van der Waals surface area contributed by atoms with Gasteiger partial charge in [0.25, 0.3) is 0 Å². The minimum atomic E-state index is -0.941. The Morgan fingerprint density at radius 2 is 1.86 bits per heavy atom. The molecule has 0 bridgehead atoms. The van der Waals surface area contributed by atoms with Gasteiger partial charge in [-0.15, -0.1) is 0 Å². The molecule has 1 rings (SSSR count). The van der Waals surface area contributed by atoms with Crippen LogP contribution in [0.25, 0.3) is 0 Å². The van der Waals surface area contributed by atoms with Crippen LogP contribution in [0.4, 0.5) is 10.5 Å². The molecule has 1 aromatic rings. The van der Waals surface area contributed by atoms with E-state index in [9.17, 15) is 14.4 Å². The Balaban J connectivity index is 2.28. The normalized spacial score (nSPS) is 11.5. The highest BCUT2D eigenvalue weighted by atomic mass is 16.4. The Morgan fingerprint density at radius 1 is 1.18 bits per heavy atom. The number of para-hydroxylation sites is 1. The number of carboxylic acid groups (broad SMARTS) is 1. The third kappa shape index (κ3) is 6.85. The lowest BCUT2D eigenvalue weighted by Crippen LogP contribution is -2.40. The molecule has 1 atom stereocenters. The molecule has 1 unspecified atom stereocenters. The largest absolute Gasteiger partial charge is 0.480 e. The zero-order valence-electron chi connectivity index (χ0n) is 12.5. The summed E-state index contributed by atoms with van der Waals surface area (Å²) in [5.41, 5.74) is 0.583. The smallest absolute Gasteiger partial charge is 0.325 e. The average Bonchev–Trinajstić information content (AvgIpc) is 2.47. The minimum absolute atomic E-state index is 0.0235. The van der Waals surface area contributed by atoms with E-state index in [1.165, 1.54) is 0 Å². The summed E-state index contributed by atoms with van der Waals surface area (Å²) in [6.45, 7) is 2.08. The summed E-state index contributed by atoms with van der Waals surface area (Å²) in [5, 5.41) is 16.4. The van der Waals surface area contributed by atoms with Gasteiger partial charge in [0.1, 0.15) is 6.04 Å². The molecule has 0 spiro atoms. The highest BCUT2D eigenvalue weighted by Gasteiger charge is 2.16. The Morgan fingerprint density at radius 3 is 2.45 bits per heavy atom. The number of rotatable bonds is 8. The molecule has 0 radical (unpaired) electrons. The second-order valence-electron chi connectivity index (χ2n) is 4.75. The second kappa shape index (κ2) is 9.51. The van der Waals surface area contributed by atoms with E-state index < -0.39 is 23.9 Å². The van der Waals surface area contributed by atoms with Crippen molar-refractivity contribution in [2.45, 2.75) is 32.2 Å². The third-order valence-electron chi connectivity index (χ3n) is 2.90. The molecular weight excluding hydrogens is 286 g/mol. The van der Waals surface area contributed by atoms with Crippen LogP contribution in [0.2, 0.25) is 0 Å². The fraction of sp³-hybridized carbons (Fsp3) is 0.400. The number of hydrogen-bond acceptors (Lipinski definition) is 4. The van der Waals surface area contributed by atoms with E-state index in [4.69, 9.17) is 5.11 Å². The summed E-state index contributed by atoms with van der Waals surface area (Å²) in [6.07, 6.45) is 1.25. The standard InChI is InChI=1S/C15H21N3O4/c1-2-6-12(14(20)21)16-10-9-13(19)18-15(22)17-11-7-4-3-5-8-11/h3-5,7-8,12,16H,2,6,9-10H2,1H3,(H,20,21)(H2,17,18,19,22). The SMILES string of the molecule is CCCC(NCCC(=O)NC(=O)Nc1ccccc1)C(=O)O. The number of benzene rings is 1. The fourth-order valence-corrected chi connectivity index (χ4v) is 1.83. The maximum atomic E-state index is 11.6. The molecule has 0 saturated heterocycles. The summed E-state index contributed by atoms with van der Waals surface area (Å²) < 4.78 is 0. The van der Waals surface area contributed by atoms with E-state index in [0.29, 0.717) is 12.1 Å². The zero-order valence-corrected chi connectivity index (χ0v) is 12.5. The topological polar surface area (TPSA) is 108 Å². The lowest BCUT2D eigenvalue weighted by Gasteiger charge is -2.13. The number of nitrogens with one attached hydrogen (secondary N) is 3. The molecule has 4 N–H and O–H groups in total. The molecule has 0 fully saturated rings. The lowest BCUT2D eigenvalue weighted by molar-refractivity contribution is -0.139. The Bertz CT molecular complexity index is 505. The second-order valence-corrected chi connectivity index (χ2v) is 4.75. The first kappa shape index (κ1) is 17.6. The van der Waals surface area contributed by atoms with Crippen LogP contribution in [0.15, 0.2) is 30.3 Å². The van der Waals surface area contributed by atoms with Crippen LogP contribution in [0.1, 0.15) is 26.2 Å². The number of carbonyl (C=O) groups excluding carboxylic acids is 2. The molecule has 1 aromatic carbocycles. The van der Waals surface area contributed by atoms with Crippen LogP contribution < -0.4 is 16.0 Å². The van der Waals surface area contributed by atoms with E-state index >= 15 is 0 Å². The maximum absolute atomic E-state index is 11.6. The van der Waals surface area contributed by atoms with Crippen molar-refractivity contribution in [3.05, 3.63) is 30.3 Å². The molecule has 0 aliphatic carbocycles. The minimum Gasteiger partial charge on any atom is -0.480 e. The van der Waals surface area contributed by atoms with Gasteiger partial charge in [0.2, 0.25) is 5.91 Å². The van der Waals surface area contributed by atoms with Gasteiger partial charge in [-0.3, -0.25) is 14.9 Å². The quantitative estimate of drug-likeness (QED) is 0.583. The van der Waals surface area contributed by atoms with Gasteiger partial charge in [0.05, 0.1) is 0 Å². The van der Waals surface area contributed by atoms with Crippen molar-refractivity contribution in [2.75, 3.05) is 11.9 Å². The van der Waals surface area contributed by atoms with Crippen molar-refractivity contribution in [1.29, 1.82) is 0 Å². The number of amides is 3. The molecule has 7 nitrogen and oxygen atoms in total. The lowest BCUT2D eigenvalue weighted by atomic mass is 10.1. The first-order valence-electron chi connectivity index (χ1n) is 7.15. The predicted octanol–water partition coefficient (Wildman–Crippen LogP) is 1.57. The van der Waals surface area contributed by atoms with E-state index in [1.807, 2.05) is 13.0 Å². The first-order valence-corrected chi connectivity index (χ1v) is 7.15. The Hall–Kier alpha value is -2.41. The number of urea groups is 1. The molecule has 0 aliphatic heterocycles. The summed E-state index contributed by atoms with van der Waals surface area (Å²) in [7, 11) is 0. The Labute approximate surface area is 129 Å². The summed E-state index contributed by atoms with van der Waals surface area (Å²) in [6, 6.07) is 7.47. The van der Waals surface area contributed by atoms with Crippen molar-refractivity contribution in [3.8, 4) is 0 Å². The molecule has 0 saturated carbocycles. The summed E-state index contributed by atoms with van der Waals surface area (Å²) in [4.78, 5) is 34.1. The van der Waals surface area contributed by atoms with Crippen LogP contribution in [0.5, 0.6) is 0 Å². The summed E-state index contributed by atoms with van der Waals surface area (Å²) in [5.74, 6) is -1.41. The van der Waals surface area contributed by atoms with Gasteiger partial charge in [-0.2, -0.15) is 0 Å². The molecule has 0 aromatic heterocycles. The molecule has 120 valence electrons. The number of imide groups is 1. The first-order chi connectivity index (χ1) is 10.5. The van der Waals surface area contributed by atoms with Crippen molar-refractivity contribution >= 4 is 23.6 Å². The van der Waals surface area contributed by atoms with Gasteiger partial charge in [-0.05, 0) is 18.6 Å². The molecule has 7 heteroatoms. The molecule has 0 aliphatic rings. The van der Waals surface area contributed by atoms with Crippen molar-refractivity contribution in [1.82, 2.24) is 10.6 Å². The van der Waals surface area contributed by atoms with Gasteiger partial charge < -0.3 is 15.7 Å². The highest BCUT2D eigenvalue weighted by molar-refractivity contribution is 6.01. The van der Waals surface area contributed by atoms with Crippen LogP contribution in [0, 0.1) is 0 Å². The average molecular weight is 307 g/mol. The highest BCUT2D eigenvalue weighted by Crippen LogP contribution is 2.04. The molecule has 0 heterocycles. The molecule has 22 heavy (non-hydrogen) atoms. The van der Waals surface area contributed by atoms with Gasteiger partial charge in [-0.1, -0.05) is 31.5 Å². The van der Waals surface area contributed by atoms with Gasteiger partial charge in [-0.25, -0.2) is 4.79 Å². The van der Waals surface area contributed by atoms with Crippen molar-refractivity contribution < 1.29 is 19.5 Å². The molecule has 3 amide bonds. The van der Waals surface area contributed by atoms with Gasteiger partial charge in [0.15, 0.2) is 0 Å². The predicted molar refractivity (Wildman–Crippen MR) is 82.6 cm³/mol. The van der Waals surface area contributed by atoms with Crippen LogP contribution in [-0.4, -0.2) is 35.6 Å². The molecular formula is C15H21N3O4. The van der Waals surface area contributed by atoms with Crippen molar-refractivity contribution in [2.24, 2.45) is 0 Å². The number of carbonyl (C=O) groups is 3. The summed E-state index contributed by atoms with van der Waals surface area (Å²) >= 11 is 0. The van der Waals surface area contributed by atoms with E-state index in [0.717, 1.165) is 6.42 Å². The van der Waals surface area contributed by atoms with Crippen LogP contribution in [-0.2, 0) is 9.59 Å². The monoisotopic (exact) mass is 307 g/mol. The fourth-order valence-electron chi connectivity index (χ4n) is 1.83. The maximum Gasteiger partial charge on any atom is 0.325 e. The third-order valence-corrected chi connectivity index (χ3v) is 2.90. The van der Waals surface area contributed by atoms with Crippen LogP contribution in [0.3, 0.4) is 0 Å².